The Kier molecular flexibility index (Phi) is 7.00. The van der Waals surface area contributed by atoms with Crippen molar-refractivity contribution >= 4 is 11.8 Å². The quantitative estimate of drug-likeness (QED) is 0.649. The number of halogens is 1. The van der Waals surface area contributed by atoms with Crippen LogP contribution < -0.4 is 0 Å². The molecule has 0 unspecified atom stereocenters. The monoisotopic (exact) mass is 436 g/mol. The minimum atomic E-state index is -0.406. The fourth-order valence-corrected chi connectivity index (χ4v) is 4.61. The Morgan fingerprint density at radius 1 is 1.19 bits per heavy atom. The van der Waals surface area contributed by atoms with Crippen molar-refractivity contribution in [3.05, 3.63) is 72.6 Å². The highest BCUT2D eigenvalue weighted by atomic mass is 19.1. The molecule has 2 aliphatic rings. The van der Waals surface area contributed by atoms with Gasteiger partial charge in [0.25, 0.3) is 5.91 Å². The van der Waals surface area contributed by atoms with Crippen LogP contribution in [-0.2, 0) is 20.7 Å². The topological polar surface area (TPSA) is 49.9 Å². The highest BCUT2D eigenvalue weighted by Crippen LogP contribution is 2.28. The molecule has 0 saturated carbocycles. The molecule has 0 bridgehead atoms. The molecule has 0 N–H and O–H groups in total. The van der Waals surface area contributed by atoms with E-state index >= 15 is 0 Å². The van der Waals surface area contributed by atoms with Gasteiger partial charge in [-0.15, -0.1) is 6.58 Å². The Hall–Kier alpha value is -2.99. The first-order valence-electron chi connectivity index (χ1n) is 11.2. The first-order chi connectivity index (χ1) is 15.6. The van der Waals surface area contributed by atoms with Crippen molar-refractivity contribution in [3.8, 4) is 11.1 Å². The number of carbonyl (C=O) groups is 2. The summed E-state index contributed by atoms with van der Waals surface area (Å²) in [6.45, 7) is 6.15. The van der Waals surface area contributed by atoms with Gasteiger partial charge < -0.3 is 14.5 Å². The summed E-state index contributed by atoms with van der Waals surface area (Å²) in [6, 6.07) is 14.2. The molecule has 0 aromatic heterocycles. The van der Waals surface area contributed by atoms with E-state index in [4.69, 9.17) is 4.74 Å². The van der Waals surface area contributed by atoms with Crippen molar-refractivity contribution in [2.24, 2.45) is 5.92 Å². The third-order valence-corrected chi connectivity index (χ3v) is 6.23. The maximum atomic E-state index is 13.9. The van der Waals surface area contributed by atoms with Gasteiger partial charge in [0.05, 0.1) is 5.92 Å². The van der Waals surface area contributed by atoms with E-state index in [-0.39, 0.29) is 17.6 Å². The number of nitrogens with zero attached hydrogens (tertiary/aromatic N) is 2. The van der Waals surface area contributed by atoms with E-state index in [0.717, 1.165) is 29.5 Å². The smallest absolute Gasteiger partial charge is 0.251 e. The maximum Gasteiger partial charge on any atom is 0.251 e. The Labute approximate surface area is 188 Å². The lowest BCUT2D eigenvalue weighted by Crippen LogP contribution is -2.42. The Bertz CT molecular complexity index is 987. The average Bonchev–Trinajstić information content (AvgIpc) is 3.30. The molecule has 2 saturated heterocycles. The zero-order valence-electron chi connectivity index (χ0n) is 18.2. The van der Waals surface area contributed by atoms with Gasteiger partial charge in [-0.05, 0) is 48.1 Å². The van der Waals surface area contributed by atoms with Crippen molar-refractivity contribution in [3.63, 3.8) is 0 Å². The molecule has 2 atom stereocenters. The summed E-state index contributed by atoms with van der Waals surface area (Å²) in [5.41, 5.74) is 2.63. The lowest BCUT2D eigenvalue weighted by molar-refractivity contribution is -0.141. The van der Waals surface area contributed by atoms with Gasteiger partial charge in [-0.3, -0.25) is 9.59 Å². The lowest BCUT2D eigenvalue weighted by atomic mass is 9.91. The molecule has 2 fully saturated rings. The summed E-state index contributed by atoms with van der Waals surface area (Å²) in [7, 11) is 0. The third kappa shape index (κ3) is 4.91. The molecular weight excluding hydrogens is 407 g/mol. The summed E-state index contributed by atoms with van der Waals surface area (Å²) >= 11 is 0. The van der Waals surface area contributed by atoms with E-state index in [0.29, 0.717) is 39.2 Å². The zero-order chi connectivity index (χ0) is 22.5. The van der Waals surface area contributed by atoms with Gasteiger partial charge in [0, 0.05) is 32.8 Å². The van der Waals surface area contributed by atoms with Crippen LogP contribution in [0.3, 0.4) is 0 Å². The molecule has 2 aromatic carbocycles. The van der Waals surface area contributed by atoms with Gasteiger partial charge in [-0.1, -0.05) is 42.5 Å². The SMILES string of the molecule is C=CCN1CCN(C(=O)[C@H]2CCCO2)C[C@@H](Cc2ccccc2-c2cccc(F)c2)C1=O. The van der Waals surface area contributed by atoms with Crippen molar-refractivity contribution in [1.82, 2.24) is 9.80 Å². The second-order valence-corrected chi connectivity index (χ2v) is 8.43. The zero-order valence-corrected chi connectivity index (χ0v) is 18.2. The number of ether oxygens (including phenoxy) is 1. The summed E-state index contributed by atoms with van der Waals surface area (Å²) in [5.74, 6) is -0.702. The summed E-state index contributed by atoms with van der Waals surface area (Å²) in [4.78, 5) is 30.0. The van der Waals surface area contributed by atoms with E-state index in [1.54, 1.807) is 21.9 Å². The van der Waals surface area contributed by atoms with Gasteiger partial charge in [-0.25, -0.2) is 4.39 Å². The van der Waals surface area contributed by atoms with Crippen LogP contribution in [0.4, 0.5) is 4.39 Å². The van der Waals surface area contributed by atoms with Crippen LogP contribution in [-0.4, -0.2) is 60.5 Å². The van der Waals surface area contributed by atoms with Crippen LogP contribution in [0, 0.1) is 11.7 Å². The second-order valence-electron chi connectivity index (χ2n) is 8.43. The first-order valence-corrected chi connectivity index (χ1v) is 11.2. The van der Waals surface area contributed by atoms with E-state index in [2.05, 4.69) is 6.58 Å². The first kappa shape index (κ1) is 22.2. The van der Waals surface area contributed by atoms with Crippen LogP contribution in [0.2, 0.25) is 0 Å². The highest BCUT2D eigenvalue weighted by Gasteiger charge is 2.35. The molecule has 0 radical (unpaired) electrons. The van der Waals surface area contributed by atoms with Gasteiger partial charge in [0.1, 0.15) is 11.9 Å². The molecule has 2 aromatic rings. The molecule has 168 valence electrons. The summed E-state index contributed by atoms with van der Waals surface area (Å²) < 4.78 is 19.5. The number of rotatable bonds is 6. The Balaban J connectivity index is 1.62. The molecule has 5 nitrogen and oxygen atoms in total. The number of hydrogen-bond acceptors (Lipinski definition) is 3. The molecule has 2 heterocycles. The van der Waals surface area contributed by atoms with Gasteiger partial charge >= 0.3 is 0 Å². The Morgan fingerprint density at radius 2 is 2.03 bits per heavy atom. The number of benzene rings is 2. The average molecular weight is 437 g/mol. The molecule has 2 aliphatic heterocycles. The van der Waals surface area contributed by atoms with Gasteiger partial charge in [0.2, 0.25) is 5.91 Å². The van der Waals surface area contributed by atoms with E-state index in [1.165, 1.54) is 12.1 Å². The van der Waals surface area contributed by atoms with Gasteiger partial charge in [0.15, 0.2) is 0 Å². The summed E-state index contributed by atoms with van der Waals surface area (Å²) in [5, 5.41) is 0. The van der Waals surface area contributed by atoms with Crippen LogP contribution in [0.5, 0.6) is 0 Å². The van der Waals surface area contributed by atoms with E-state index in [9.17, 15) is 14.0 Å². The molecule has 6 heteroatoms. The Morgan fingerprint density at radius 3 is 2.78 bits per heavy atom. The van der Waals surface area contributed by atoms with Crippen LogP contribution in [0.1, 0.15) is 18.4 Å². The normalized spacial score (nSPS) is 21.5. The van der Waals surface area contributed by atoms with Crippen LogP contribution >= 0.6 is 0 Å². The van der Waals surface area contributed by atoms with Crippen LogP contribution in [0.15, 0.2) is 61.2 Å². The molecule has 4 rings (SSSR count). The van der Waals surface area contributed by atoms with Gasteiger partial charge in [-0.2, -0.15) is 0 Å². The molecule has 0 aliphatic carbocycles. The fraction of sp³-hybridized carbons (Fsp3) is 0.385. The minimum Gasteiger partial charge on any atom is -0.368 e. The number of carbonyl (C=O) groups excluding carboxylic acids is 2. The predicted molar refractivity (Wildman–Crippen MR) is 121 cm³/mol. The second kappa shape index (κ2) is 10.1. The minimum absolute atomic E-state index is 0.0154. The van der Waals surface area contributed by atoms with Crippen molar-refractivity contribution in [2.45, 2.75) is 25.4 Å². The number of hydrogen-bond donors (Lipinski definition) is 0. The maximum absolute atomic E-state index is 13.9. The van der Waals surface area contributed by atoms with E-state index in [1.807, 2.05) is 30.3 Å². The fourth-order valence-electron chi connectivity index (χ4n) is 4.61. The van der Waals surface area contributed by atoms with E-state index < -0.39 is 12.0 Å². The lowest BCUT2D eigenvalue weighted by Gasteiger charge is -2.26. The van der Waals surface area contributed by atoms with Crippen molar-refractivity contribution in [1.29, 1.82) is 0 Å². The van der Waals surface area contributed by atoms with Crippen molar-refractivity contribution < 1.29 is 18.7 Å². The molecule has 0 spiro atoms. The predicted octanol–water partition coefficient (Wildman–Crippen LogP) is 3.69. The van der Waals surface area contributed by atoms with Crippen LogP contribution in [0.25, 0.3) is 11.1 Å². The van der Waals surface area contributed by atoms with Crippen molar-refractivity contribution in [2.75, 3.05) is 32.8 Å². The largest absolute Gasteiger partial charge is 0.368 e. The third-order valence-electron chi connectivity index (χ3n) is 6.23. The number of amides is 2. The highest BCUT2D eigenvalue weighted by molar-refractivity contribution is 5.84. The summed E-state index contributed by atoms with van der Waals surface area (Å²) in [6.07, 6.45) is 3.39. The molecule has 2 amide bonds. The molecular formula is C26H29FN2O3. The molecule has 32 heavy (non-hydrogen) atoms. The standard InChI is InChI=1S/C26H29FN2O3/c1-2-12-28-13-14-29(26(31)24-11-6-15-32-24)18-21(25(28)30)16-19-7-3-4-10-23(19)20-8-5-9-22(27)17-20/h2-5,7-10,17,21,24H,1,6,11-16,18H2/t21-,24-/m1/s1.